The largest absolute Gasteiger partial charge is 1.00 e. The first-order valence-electron chi connectivity index (χ1n) is 13.1. The Morgan fingerprint density at radius 2 is 1.50 bits per heavy atom. The fourth-order valence-electron chi connectivity index (χ4n) is 8.15. The van der Waals surface area contributed by atoms with Crippen molar-refractivity contribution in [3.8, 4) is 11.1 Å². The van der Waals surface area contributed by atoms with Crippen LogP contribution in [0.15, 0.2) is 48.0 Å². The van der Waals surface area contributed by atoms with Crippen LogP contribution in [0.2, 0.25) is 13.1 Å². The molecule has 2 aromatic rings. The zero-order valence-electron chi connectivity index (χ0n) is 20.8. The van der Waals surface area contributed by atoms with Gasteiger partial charge >= 0.3 is 208 Å². The van der Waals surface area contributed by atoms with Crippen LogP contribution in [0.4, 0.5) is 0 Å². The van der Waals surface area contributed by atoms with Crippen LogP contribution >= 0.6 is 0 Å². The van der Waals surface area contributed by atoms with E-state index < -0.39 is 0 Å². The van der Waals surface area contributed by atoms with E-state index in [1.165, 1.54) is 62.5 Å². The van der Waals surface area contributed by atoms with Gasteiger partial charge in [-0.2, -0.15) is 0 Å². The summed E-state index contributed by atoms with van der Waals surface area (Å²) < 4.78 is 0.837. The standard InChI is InChI=1S/C28H31.C2H6Si.2ClH.Zr/c1-2-4-19-14-24-5-3-6-26(27(24)15-19)23-7-9-25(10-8-23)28-16-20-11-21(17-28)13-22(12-20)18-28;1-3-2;;;/h3,5-10,14-15,20-22H,2,4,11-13,16-18H2,1H3;1-2H3;2*1H;/q;;;;+2/p-2. The van der Waals surface area contributed by atoms with Crippen molar-refractivity contribution in [2.24, 2.45) is 17.8 Å². The van der Waals surface area contributed by atoms with Gasteiger partial charge in [0.1, 0.15) is 0 Å². The minimum Gasteiger partial charge on any atom is -1.00 e. The Morgan fingerprint density at radius 3 is 2.06 bits per heavy atom. The van der Waals surface area contributed by atoms with E-state index in [4.69, 9.17) is 0 Å². The molecule has 2 aromatic carbocycles. The first-order chi connectivity index (χ1) is 15.5. The third kappa shape index (κ3) is 4.76. The van der Waals surface area contributed by atoms with E-state index in [-0.39, 0.29) is 53.1 Å². The molecule has 4 heteroatoms. The van der Waals surface area contributed by atoms with Crippen LogP contribution in [0.1, 0.15) is 78.6 Å². The predicted molar refractivity (Wildman–Crippen MR) is 135 cm³/mol. The predicted octanol–water partition coefficient (Wildman–Crippen LogP) is 2.40. The molecule has 4 fully saturated rings. The topological polar surface area (TPSA) is 0 Å². The van der Waals surface area contributed by atoms with Crippen molar-refractivity contribution in [2.75, 3.05) is 0 Å². The molecule has 1 radical (unpaired) electrons. The van der Waals surface area contributed by atoms with Gasteiger partial charge in [0.15, 0.2) is 0 Å². The normalized spacial score (nSPS) is 30.3. The molecule has 0 amide bonds. The summed E-state index contributed by atoms with van der Waals surface area (Å²) in [5.74, 6) is 2.97. The molecule has 0 aliphatic heterocycles. The summed E-state index contributed by atoms with van der Waals surface area (Å²) in [6.45, 7) is 7.44. The van der Waals surface area contributed by atoms with Gasteiger partial charge in [0.25, 0.3) is 0 Å². The van der Waals surface area contributed by atoms with Gasteiger partial charge in [-0.3, -0.25) is 0 Å². The monoisotopic (exact) mass is 585 g/mol. The van der Waals surface area contributed by atoms with Crippen LogP contribution in [0, 0.1) is 17.8 Å². The summed E-state index contributed by atoms with van der Waals surface area (Å²) in [5, 5.41) is 0. The van der Waals surface area contributed by atoms with Gasteiger partial charge in [-0.15, -0.1) is 0 Å². The molecule has 1 unspecified atom stereocenters. The fourth-order valence-corrected chi connectivity index (χ4v) is 17.0. The minimum absolute atomic E-state index is 0. The van der Waals surface area contributed by atoms with Crippen molar-refractivity contribution >= 4 is 12.0 Å². The molecule has 179 valence electrons. The molecular weight excluding hydrogens is 551 g/mol. The maximum absolute atomic E-state index is 2.61. The van der Waals surface area contributed by atoms with E-state index in [0.29, 0.717) is 5.41 Å². The molecule has 34 heavy (non-hydrogen) atoms. The average molecular weight is 588 g/mol. The van der Waals surface area contributed by atoms with Gasteiger partial charge in [0.05, 0.1) is 0 Å². The van der Waals surface area contributed by atoms with Crippen molar-refractivity contribution in [1.29, 1.82) is 0 Å². The van der Waals surface area contributed by atoms with Crippen LogP contribution in [0.5, 0.6) is 0 Å². The number of fused-ring (bicyclic) bond motifs is 1. The van der Waals surface area contributed by atoms with Gasteiger partial charge in [-0.25, -0.2) is 0 Å². The van der Waals surface area contributed by atoms with Gasteiger partial charge in [-0.1, -0.05) is 0 Å². The van der Waals surface area contributed by atoms with E-state index in [0.717, 1.165) is 21.4 Å². The van der Waals surface area contributed by atoms with E-state index in [9.17, 15) is 0 Å². The van der Waals surface area contributed by atoms with Crippen molar-refractivity contribution in [2.45, 2.75) is 80.4 Å². The number of hydrogen-bond donors (Lipinski definition) is 0. The Morgan fingerprint density at radius 1 is 0.882 bits per heavy atom. The second-order valence-corrected chi connectivity index (χ2v) is 24.8. The Hall–Kier alpha value is -0.140. The van der Waals surface area contributed by atoms with Crippen LogP contribution < -0.4 is 24.8 Å². The third-order valence-corrected chi connectivity index (χ3v) is 17.9. The van der Waals surface area contributed by atoms with Crippen molar-refractivity contribution in [3.63, 3.8) is 0 Å². The maximum Gasteiger partial charge on any atom is -1.00 e. The number of allylic oxidation sites excluding steroid dienone is 1. The average Bonchev–Trinajstić information content (AvgIpc) is 3.10. The second-order valence-electron chi connectivity index (χ2n) is 11.6. The Bertz CT molecular complexity index is 1010. The molecule has 4 bridgehead atoms. The van der Waals surface area contributed by atoms with Crippen LogP contribution in [0.3, 0.4) is 0 Å². The molecule has 0 spiro atoms. The smallest absolute Gasteiger partial charge is 1.00 e. The van der Waals surface area contributed by atoms with Crippen molar-refractivity contribution in [3.05, 3.63) is 64.7 Å². The molecule has 5 aliphatic rings. The molecule has 7 rings (SSSR count). The number of hydrogen-bond acceptors (Lipinski definition) is 0. The Kier molecular flexibility index (Phi) is 8.46. The molecule has 0 nitrogen and oxygen atoms in total. The fraction of sp³-hybridized carbons (Fsp3) is 0.533. The number of benzene rings is 2. The van der Waals surface area contributed by atoms with E-state index in [1.807, 2.05) is 0 Å². The first kappa shape index (κ1) is 26.9. The van der Waals surface area contributed by atoms with Gasteiger partial charge < -0.3 is 24.8 Å². The molecule has 0 saturated heterocycles. The Balaban J connectivity index is 0.00000137. The van der Waals surface area contributed by atoms with Crippen LogP contribution in [0.25, 0.3) is 17.2 Å². The summed E-state index contributed by atoms with van der Waals surface area (Å²) in [4.78, 5) is 0. The van der Waals surface area contributed by atoms with Crippen molar-refractivity contribution < 1.29 is 47.2 Å². The number of halogens is 2. The summed E-state index contributed by atoms with van der Waals surface area (Å²) in [6, 6.07) is 17.2. The summed E-state index contributed by atoms with van der Waals surface area (Å²) >= 11 is -0.365. The van der Waals surface area contributed by atoms with Gasteiger partial charge in [0, 0.05) is 0 Å². The summed E-state index contributed by atoms with van der Waals surface area (Å²) in [6.07, 6.45) is 14.2. The SMILES string of the molecule is CCCC1=Cc2c(-c3ccc(C45CC6CC(CC(C6)C4)C5)cc3)cccc2[CH]1[Zr+2][Si](C)C.[Cl-].[Cl-]. The summed E-state index contributed by atoms with van der Waals surface area (Å²) in [7, 11) is 0. The molecule has 5 aliphatic carbocycles. The van der Waals surface area contributed by atoms with E-state index >= 15 is 0 Å². The molecule has 0 N–H and O–H groups in total. The Labute approximate surface area is 231 Å². The van der Waals surface area contributed by atoms with Crippen LogP contribution in [-0.4, -0.2) is 5.92 Å². The summed E-state index contributed by atoms with van der Waals surface area (Å²) in [5.41, 5.74) is 10.1. The minimum atomic E-state index is -0.365. The molecule has 1 atom stereocenters. The molecular formula is C30H37Cl2SiZr. The first-order valence-corrected chi connectivity index (χ1v) is 20.7. The third-order valence-electron chi connectivity index (χ3n) is 8.97. The second kappa shape index (κ2) is 10.7. The molecule has 0 heterocycles. The number of rotatable bonds is 6. The van der Waals surface area contributed by atoms with Crippen LogP contribution in [-0.2, 0) is 27.8 Å². The zero-order valence-corrected chi connectivity index (χ0v) is 25.8. The van der Waals surface area contributed by atoms with Crippen molar-refractivity contribution in [1.82, 2.24) is 0 Å². The van der Waals surface area contributed by atoms with Gasteiger partial charge in [0.2, 0.25) is 0 Å². The van der Waals surface area contributed by atoms with Gasteiger partial charge in [-0.05, 0) is 0 Å². The van der Waals surface area contributed by atoms with E-state index in [2.05, 4.69) is 68.6 Å². The quantitative estimate of drug-likeness (QED) is 0.456. The molecule has 0 aromatic heterocycles. The molecule has 4 saturated carbocycles. The zero-order chi connectivity index (χ0) is 21.9. The van der Waals surface area contributed by atoms with E-state index in [1.54, 1.807) is 22.3 Å². The maximum atomic E-state index is 2.61.